The molecule has 0 amide bonds. The van der Waals surface area contributed by atoms with Gasteiger partial charge in [0.2, 0.25) is 0 Å². The van der Waals surface area contributed by atoms with Gasteiger partial charge in [-0.05, 0) is 55.2 Å². The molecule has 4 rings (SSSR count). The van der Waals surface area contributed by atoms with E-state index in [1.54, 1.807) is 12.1 Å². The number of phenols is 1. The van der Waals surface area contributed by atoms with Crippen molar-refractivity contribution < 1.29 is 32.0 Å². The summed E-state index contributed by atoms with van der Waals surface area (Å²) < 4.78 is 36.4. The lowest BCUT2D eigenvalue weighted by Crippen LogP contribution is -2.10. The Bertz CT molecular complexity index is 1450. The summed E-state index contributed by atoms with van der Waals surface area (Å²) in [7, 11) is -4.24. The van der Waals surface area contributed by atoms with Gasteiger partial charge in [0.1, 0.15) is 33.3 Å². The first-order valence-corrected chi connectivity index (χ1v) is 12.8. The van der Waals surface area contributed by atoms with Crippen LogP contribution >= 0.6 is 0 Å². The third kappa shape index (κ3) is 5.49. The molecule has 0 saturated carbocycles. The Kier molecular flexibility index (Phi) is 7.12. The van der Waals surface area contributed by atoms with Gasteiger partial charge < -0.3 is 18.8 Å². The molecule has 0 atom stereocenters. The van der Waals surface area contributed by atoms with Crippen LogP contribution in [0.3, 0.4) is 0 Å². The van der Waals surface area contributed by atoms with Crippen molar-refractivity contribution in [3.05, 3.63) is 89.2 Å². The average Bonchev–Trinajstić information content (AvgIpc) is 3.19. The van der Waals surface area contributed by atoms with Crippen LogP contribution in [0.5, 0.6) is 11.5 Å². The van der Waals surface area contributed by atoms with Gasteiger partial charge in [0.25, 0.3) is 0 Å². The molecule has 3 aromatic carbocycles. The molecule has 7 nitrogen and oxygen atoms in total. The van der Waals surface area contributed by atoms with E-state index in [2.05, 4.69) is 13.0 Å². The Balaban J connectivity index is 1.46. The molecule has 35 heavy (non-hydrogen) atoms. The highest BCUT2D eigenvalue weighted by atomic mass is 32.2. The lowest BCUT2D eigenvalue weighted by atomic mass is 10.00. The Morgan fingerprint density at radius 2 is 1.71 bits per heavy atom. The fourth-order valence-corrected chi connectivity index (χ4v) is 4.92. The fraction of sp³-hybridized carbons (Fsp3) is 0.222. The van der Waals surface area contributed by atoms with Crippen LogP contribution in [0.2, 0.25) is 0 Å². The molecule has 0 fully saturated rings. The monoisotopic (exact) mass is 494 g/mol. The number of benzene rings is 3. The minimum Gasteiger partial charge on any atom is -0.507 e. The van der Waals surface area contributed by atoms with Crippen LogP contribution in [0.4, 0.5) is 0 Å². The highest BCUT2D eigenvalue weighted by Gasteiger charge is 2.20. The summed E-state index contributed by atoms with van der Waals surface area (Å²) in [4.78, 5) is 10.7. The molecule has 0 unspecified atom stereocenters. The van der Waals surface area contributed by atoms with Gasteiger partial charge in [-0.2, -0.15) is 8.42 Å². The van der Waals surface area contributed by atoms with Gasteiger partial charge in [0, 0.05) is 23.4 Å². The number of rotatable bonds is 10. The maximum atomic E-state index is 12.6. The van der Waals surface area contributed by atoms with Gasteiger partial charge >= 0.3 is 16.1 Å². The third-order valence-electron chi connectivity index (χ3n) is 5.82. The lowest BCUT2D eigenvalue weighted by molar-refractivity contribution is 0.0693. The number of unbranched alkanes of at least 4 members (excludes halogenated alkanes) is 1. The van der Waals surface area contributed by atoms with E-state index >= 15 is 0 Å². The van der Waals surface area contributed by atoms with Crippen molar-refractivity contribution in [2.45, 2.75) is 43.9 Å². The van der Waals surface area contributed by atoms with Crippen molar-refractivity contribution in [1.29, 1.82) is 0 Å². The molecular formula is C27H26O7S. The summed E-state index contributed by atoms with van der Waals surface area (Å²) in [6.07, 6.45) is 4.59. The molecule has 1 aromatic heterocycles. The highest BCUT2D eigenvalue weighted by molar-refractivity contribution is 7.87. The van der Waals surface area contributed by atoms with Crippen LogP contribution in [0, 0.1) is 0 Å². The molecule has 0 aliphatic rings. The molecule has 0 saturated heterocycles. The Morgan fingerprint density at radius 3 is 2.40 bits per heavy atom. The van der Waals surface area contributed by atoms with Gasteiger partial charge in [-0.1, -0.05) is 43.7 Å². The Morgan fingerprint density at radius 1 is 0.971 bits per heavy atom. The van der Waals surface area contributed by atoms with Crippen molar-refractivity contribution >= 4 is 27.1 Å². The minimum atomic E-state index is -4.24. The maximum absolute atomic E-state index is 12.6. The van der Waals surface area contributed by atoms with Crippen LogP contribution in [0.1, 0.15) is 47.0 Å². The van der Waals surface area contributed by atoms with Crippen LogP contribution in [-0.2, 0) is 29.4 Å². The van der Waals surface area contributed by atoms with Crippen LogP contribution in [0.15, 0.2) is 76.0 Å². The second-order valence-electron chi connectivity index (χ2n) is 8.27. The van der Waals surface area contributed by atoms with Crippen LogP contribution in [0.25, 0.3) is 11.0 Å². The number of furan rings is 1. The predicted molar refractivity (Wildman–Crippen MR) is 132 cm³/mol. The molecular weight excluding hydrogens is 468 g/mol. The molecule has 0 radical (unpaired) electrons. The summed E-state index contributed by atoms with van der Waals surface area (Å²) in [6, 6.07) is 17.8. The Labute approximate surface area is 203 Å². The zero-order chi connectivity index (χ0) is 25.0. The molecule has 2 N–H and O–H groups in total. The van der Waals surface area contributed by atoms with Crippen molar-refractivity contribution in [3.8, 4) is 11.5 Å². The van der Waals surface area contributed by atoms with Gasteiger partial charge in [-0.25, -0.2) is 4.79 Å². The van der Waals surface area contributed by atoms with E-state index in [4.69, 9.17) is 13.7 Å². The van der Waals surface area contributed by atoms with Crippen molar-refractivity contribution in [1.82, 2.24) is 0 Å². The molecule has 0 bridgehead atoms. The molecule has 0 spiro atoms. The van der Waals surface area contributed by atoms with Crippen LogP contribution < -0.4 is 4.18 Å². The van der Waals surface area contributed by atoms with Crippen LogP contribution in [-0.4, -0.2) is 24.6 Å². The average molecular weight is 495 g/mol. The largest absolute Gasteiger partial charge is 0.507 e. The fourth-order valence-electron chi connectivity index (χ4n) is 3.97. The molecule has 1 heterocycles. The predicted octanol–water partition coefficient (Wildman–Crippen LogP) is 5.73. The van der Waals surface area contributed by atoms with E-state index in [1.165, 1.54) is 5.56 Å². The van der Waals surface area contributed by atoms with Gasteiger partial charge in [0.05, 0.1) is 0 Å². The first kappa shape index (κ1) is 24.3. The van der Waals surface area contributed by atoms with E-state index in [1.807, 2.05) is 30.3 Å². The molecule has 182 valence electrons. The summed E-state index contributed by atoms with van der Waals surface area (Å²) in [5.41, 5.74) is 2.73. The second-order valence-corrected chi connectivity index (χ2v) is 9.82. The first-order valence-electron chi connectivity index (χ1n) is 11.4. The number of carboxylic acids is 1. The molecule has 0 aliphatic carbocycles. The van der Waals surface area contributed by atoms with E-state index in [-0.39, 0.29) is 10.6 Å². The van der Waals surface area contributed by atoms with Crippen molar-refractivity contribution in [2.75, 3.05) is 0 Å². The number of aromatic carboxylic acids is 1. The third-order valence-corrected chi connectivity index (χ3v) is 7.06. The van der Waals surface area contributed by atoms with Gasteiger partial charge in [-0.3, -0.25) is 0 Å². The molecule has 8 heteroatoms. The summed E-state index contributed by atoms with van der Waals surface area (Å²) in [5, 5.41) is 19.9. The number of carbonyl (C=O) groups is 1. The minimum absolute atomic E-state index is 0.118. The highest BCUT2D eigenvalue weighted by Crippen LogP contribution is 2.29. The maximum Gasteiger partial charge on any atom is 0.339 e. The number of carboxylic acid groups (broad SMARTS) is 1. The zero-order valence-corrected chi connectivity index (χ0v) is 20.0. The SMILES string of the molecule is CCCCc1oc2ccccc2c1CCc1ccc(OS(=O)(=O)c2ccc(C(=O)O)c(O)c2)cc1. The normalized spacial score (nSPS) is 11.6. The zero-order valence-electron chi connectivity index (χ0n) is 19.2. The Hall–Kier alpha value is -3.78. The number of hydrogen-bond acceptors (Lipinski definition) is 6. The second kappa shape index (κ2) is 10.2. The standard InChI is InChI=1S/C27H26O7S/c1-2-3-7-25-22(21-6-4-5-8-26(21)33-25)15-11-18-9-12-19(13-10-18)34-35(31,32)20-14-16-23(27(29)30)24(28)17-20/h4-6,8-10,12-14,16-17,28H,2-3,7,11,15H2,1H3,(H,29,30). The van der Waals surface area contributed by atoms with Crippen molar-refractivity contribution in [2.24, 2.45) is 0 Å². The van der Waals surface area contributed by atoms with E-state index in [0.717, 1.165) is 72.6 Å². The van der Waals surface area contributed by atoms with E-state index in [9.17, 15) is 18.3 Å². The lowest BCUT2D eigenvalue weighted by Gasteiger charge is -2.09. The topological polar surface area (TPSA) is 114 Å². The number of hydrogen-bond donors (Lipinski definition) is 2. The first-order chi connectivity index (χ1) is 16.8. The summed E-state index contributed by atoms with van der Waals surface area (Å²) in [5.74, 6) is -0.865. The number of aryl methyl sites for hydroxylation is 3. The number of para-hydroxylation sites is 1. The van der Waals surface area contributed by atoms with Gasteiger partial charge in [0.15, 0.2) is 0 Å². The molecule has 0 aliphatic heterocycles. The number of fused-ring (bicyclic) bond motifs is 1. The smallest absolute Gasteiger partial charge is 0.339 e. The van der Waals surface area contributed by atoms with Gasteiger partial charge in [-0.15, -0.1) is 0 Å². The van der Waals surface area contributed by atoms with Crippen molar-refractivity contribution in [3.63, 3.8) is 0 Å². The van der Waals surface area contributed by atoms with E-state index in [0.29, 0.717) is 0 Å². The van der Waals surface area contributed by atoms with E-state index < -0.39 is 27.4 Å². The summed E-state index contributed by atoms with van der Waals surface area (Å²) >= 11 is 0. The number of aromatic hydroxyl groups is 1. The quantitative estimate of drug-likeness (QED) is 0.271. The summed E-state index contributed by atoms with van der Waals surface area (Å²) in [6.45, 7) is 2.15. The molecule has 4 aromatic rings.